The summed E-state index contributed by atoms with van der Waals surface area (Å²) in [7, 11) is 1.67. The van der Waals surface area contributed by atoms with Gasteiger partial charge in [0.25, 0.3) is 5.91 Å². The third kappa shape index (κ3) is 3.64. The molecule has 0 fully saturated rings. The Bertz CT molecular complexity index is 633. The molecule has 2 aromatic rings. The summed E-state index contributed by atoms with van der Waals surface area (Å²) in [4.78, 5) is 14.5. The molecule has 0 saturated heterocycles. The van der Waals surface area contributed by atoms with Crippen LogP contribution in [0.2, 0.25) is 0 Å². The highest BCUT2D eigenvalue weighted by Crippen LogP contribution is 2.26. The Morgan fingerprint density at radius 2 is 2.05 bits per heavy atom. The minimum absolute atomic E-state index is 0.00130. The third-order valence-corrected chi connectivity index (χ3v) is 4.49. The normalized spacial score (nSPS) is 12.0. The molecule has 112 valence electrons. The first-order valence-electron chi connectivity index (χ1n) is 7.01. The maximum atomic E-state index is 12.2. The number of amides is 1. The van der Waals surface area contributed by atoms with Gasteiger partial charge in [0.05, 0.1) is 12.7 Å². The van der Waals surface area contributed by atoms with Crippen molar-refractivity contribution in [3.63, 3.8) is 0 Å². The lowest BCUT2D eigenvalue weighted by molar-refractivity contribution is 0.0951. The predicted octanol–water partition coefficient (Wildman–Crippen LogP) is 3.91. The van der Waals surface area contributed by atoms with Crippen LogP contribution in [0.15, 0.2) is 30.3 Å². The minimum atomic E-state index is -0.00130. The fourth-order valence-corrected chi connectivity index (χ4v) is 3.30. The van der Waals surface area contributed by atoms with Gasteiger partial charge in [0.15, 0.2) is 0 Å². The highest BCUT2D eigenvalue weighted by atomic mass is 32.1. The molecule has 2 rings (SSSR count). The van der Waals surface area contributed by atoms with E-state index in [2.05, 4.69) is 12.2 Å². The van der Waals surface area contributed by atoms with Crippen LogP contribution in [-0.4, -0.2) is 19.6 Å². The Morgan fingerprint density at radius 1 is 1.33 bits per heavy atom. The van der Waals surface area contributed by atoms with Crippen molar-refractivity contribution in [2.75, 3.05) is 13.7 Å². The van der Waals surface area contributed by atoms with E-state index in [9.17, 15) is 4.79 Å². The van der Waals surface area contributed by atoms with Crippen molar-refractivity contribution in [2.24, 2.45) is 0 Å². The lowest BCUT2D eigenvalue weighted by Crippen LogP contribution is -2.27. The zero-order chi connectivity index (χ0) is 15.4. The van der Waals surface area contributed by atoms with Crippen LogP contribution in [0, 0.1) is 13.8 Å². The number of nitrogens with one attached hydrogen (secondary N) is 1. The molecule has 0 spiro atoms. The fourth-order valence-electron chi connectivity index (χ4n) is 2.38. The molecule has 1 amide bonds. The van der Waals surface area contributed by atoms with Crippen LogP contribution in [0.4, 0.5) is 0 Å². The number of aryl methyl sites for hydroxylation is 2. The van der Waals surface area contributed by atoms with Crippen LogP contribution in [0.1, 0.15) is 38.5 Å². The zero-order valence-corrected chi connectivity index (χ0v) is 13.7. The second-order valence-corrected chi connectivity index (χ2v) is 6.64. The minimum Gasteiger partial charge on any atom is -0.496 e. The molecule has 1 aromatic heterocycles. The van der Waals surface area contributed by atoms with Crippen molar-refractivity contribution in [3.8, 4) is 5.75 Å². The van der Waals surface area contributed by atoms with Gasteiger partial charge in [-0.25, -0.2) is 0 Å². The molecule has 3 nitrogen and oxygen atoms in total. The number of ether oxygens (including phenoxy) is 1. The molecular formula is C17H21NO2S. The van der Waals surface area contributed by atoms with Crippen molar-refractivity contribution >= 4 is 17.2 Å². The Balaban J connectivity index is 2.02. The fraction of sp³-hybridized carbons (Fsp3) is 0.353. The highest BCUT2D eigenvalue weighted by Gasteiger charge is 2.15. The van der Waals surface area contributed by atoms with Crippen LogP contribution in [0.3, 0.4) is 0 Å². The molecule has 1 unspecified atom stereocenters. The van der Waals surface area contributed by atoms with Gasteiger partial charge in [0.1, 0.15) is 5.75 Å². The van der Waals surface area contributed by atoms with Crippen LogP contribution < -0.4 is 10.1 Å². The lowest BCUT2D eigenvalue weighted by Gasteiger charge is -2.16. The molecule has 21 heavy (non-hydrogen) atoms. The van der Waals surface area contributed by atoms with Crippen LogP contribution in [0.25, 0.3) is 0 Å². The monoisotopic (exact) mass is 303 g/mol. The number of methoxy groups -OCH3 is 1. The van der Waals surface area contributed by atoms with Crippen molar-refractivity contribution in [1.29, 1.82) is 0 Å². The summed E-state index contributed by atoms with van der Waals surface area (Å²) in [6, 6.07) is 9.87. The molecule has 1 heterocycles. The van der Waals surface area contributed by atoms with Gasteiger partial charge >= 0.3 is 0 Å². The average molecular weight is 303 g/mol. The Kier molecular flexibility index (Phi) is 5.02. The molecule has 1 atom stereocenters. The molecule has 1 N–H and O–H groups in total. The first-order chi connectivity index (χ1) is 10.0. The summed E-state index contributed by atoms with van der Waals surface area (Å²) in [5.41, 5.74) is 1.89. The van der Waals surface area contributed by atoms with Crippen molar-refractivity contribution < 1.29 is 9.53 Å². The van der Waals surface area contributed by atoms with Crippen molar-refractivity contribution in [1.82, 2.24) is 5.32 Å². The van der Waals surface area contributed by atoms with Gasteiger partial charge in [0.2, 0.25) is 0 Å². The SMILES string of the molecule is COc1ccccc1C(C)CNC(=O)c1cc(C)sc1C. The second kappa shape index (κ2) is 6.76. The van der Waals surface area contributed by atoms with E-state index in [1.807, 2.05) is 44.2 Å². The van der Waals surface area contributed by atoms with E-state index < -0.39 is 0 Å². The van der Waals surface area contributed by atoms with E-state index in [0.717, 1.165) is 26.6 Å². The standard InChI is InChI=1S/C17H21NO2S/c1-11(14-7-5-6-8-16(14)20-4)10-18-17(19)15-9-12(2)21-13(15)3/h5-9,11H,10H2,1-4H3,(H,18,19). The summed E-state index contributed by atoms with van der Waals surface area (Å²) in [5.74, 6) is 1.06. The number of benzene rings is 1. The quantitative estimate of drug-likeness (QED) is 0.909. The van der Waals surface area contributed by atoms with Gasteiger partial charge in [-0.3, -0.25) is 4.79 Å². The summed E-state index contributed by atoms with van der Waals surface area (Å²) in [6.07, 6.45) is 0. The van der Waals surface area contributed by atoms with E-state index >= 15 is 0 Å². The largest absolute Gasteiger partial charge is 0.496 e. The van der Waals surface area contributed by atoms with Crippen molar-refractivity contribution in [3.05, 3.63) is 51.2 Å². The number of hydrogen-bond donors (Lipinski definition) is 1. The average Bonchev–Trinajstić information content (AvgIpc) is 2.83. The van der Waals surface area contributed by atoms with E-state index in [4.69, 9.17) is 4.74 Å². The molecular weight excluding hydrogens is 282 g/mol. The molecule has 0 bridgehead atoms. The first kappa shape index (κ1) is 15.6. The third-order valence-electron chi connectivity index (χ3n) is 3.52. The summed E-state index contributed by atoms with van der Waals surface area (Å²) < 4.78 is 5.37. The van der Waals surface area contributed by atoms with Crippen LogP contribution >= 0.6 is 11.3 Å². The number of para-hydroxylation sites is 1. The highest BCUT2D eigenvalue weighted by molar-refractivity contribution is 7.12. The number of thiophene rings is 1. The smallest absolute Gasteiger partial charge is 0.252 e. The summed E-state index contributed by atoms with van der Waals surface area (Å²) in [5, 5.41) is 3.01. The number of rotatable bonds is 5. The predicted molar refractivity (Wildman–Crippen MR) is 87.5 cm³/mol. The molecule has 0 aliphatic rings. The Hall–Kier alpha value is -1.81. The first-order valence-corrected chi connectivity index (χ1v) is 7.82. The number of hydrogen-bond acceptors (Lipinski definition) is 3. The molecule has 0 saturated carbocycles. The van der Waals surface area contributed by atoms with E-state index in [1.54, 1.807) is 18.4 Å². The maximum Gasteiger partial charge on any atom is 0.252 e. The summed E-state index contributed by atoms with van der Waals surface area (Å²) >= 11 is 1.65. The topological polar surface area (TPSA) is 38.3 Å². The van der Waals surface area contributed by atoms with E-state index in [-0.39, 0.29) is 11.8 Å². The summed E-state index contributed by atoms with van der Waals surface area (Å²) in [6.45, 7) is 6.68. The maximum absolute atomic E-state index is 12.2. The van der Waals surface area contributed by atoms with Crippen molar-refractivity contribution in [2.45, 2.75) is 26.7 Å². The molecule has 1 aromatic carbocycles. The second-order valence-electron chi connectivity index (χ2n) is 5.18. The molecule has 4 heteroatoms. The van der Waals surface area contributed by atoms with Gasteiger partial charge in [-0.05, 0) is 31.5 Å². The Morgan fingerprint density at radius 3 is 2.67 bits per heavy atom. The number of carbonyl (C=O) groups excluding carboxylic acids is 1. The molecule has 0 aliphatic heterocycles. The van der Waals surface area contributed by atoms with Crippen LogP contribution in [-0.2, 0) is 0 Å². The zero-order valence-electron chi connectivity index (χ0n) is 12.9. The van der Waals surface area contributed by atoms with E-state index in [0.29, 0.717) is 6.54 Å². The Labute approximate surface area is 130 Å². The van der Waals surface area contributed by atoms with Gasteiger partial charge in [-0.2, -0.15) is 0 Å². The molecule has 0 radical (unpaired) electrons. The lowest BCUT2D eigenvalue weighted by atomic mass is 10.00. The molecule has 0 aliphatic carbocycles. The van der Waals surface area contributed by atoms with Crippen LogP contribution in [0.5, 0.6) is 5.75 Å². The van der Waals surface area contributed by atoms with Gasteiger partial charge < -0.3 is 10.1 Å². The van der Waals surface area contributed by atoms with Gasteiger partial charge in [0, 0.05) is 22.2 Å². The number of carbonyl (C=O) groups is 1. The van der Waals surface area contributed by atoms with E-state index in [1.165, 1.54) is 0 Å². The van der Waals surface area contributed by atoms with Gasteiger partial charge in [-0.1, -0.05) is 25.1 Å². The van der Waals surface area contributed by atoms with Gasteiger partial charge in [-0.15, -0.1) is 11.3 Å².